The number of piperidine rings is 1. The minimum Gasteiger partial charge on any atom is -0.396 e. The van der Waals surface area contributed by atoms with Gasteiger partial charge in [-0.25, -0.2) is 0 Å². The van der Waals surface area contributed by atoms with Gasteiger partial charge >= 0.3 is 0 Å². The van der Waals surface area contributed by atoms with Gasteiger partial charge < -0.3 is 10.0 Å². The lowest BCUT2D eigenvalue weighted by molar-refractivity contribution is -0.0156. The summed E-state index contributed by atoms with van der Waals surface area (Å²) >= 11 is 0. The molecule has 1 aliphatic carbocycles. The van der Waals surface area contributed by atoms with Crippen LogP contribution in [0.5, 0.6) is 0 Å². The maximum Gasteiger partial charge on any atom is 0.0433 e. The number of hydrogen-bond donors (Lipinski definition) is 1. The van der Waals surface area contributed by atoms with Gasteiger partial charge in [-0.05, 0) is 63.6 Å². The number of hydrogen-bond acceptors (Lipinski definition) is 2. The van der Waals surface area contributed by atoms with Crippen LogP contribution in [0.2, 0.25) is 0 Å². The number of aliphatic hydroxyl groups excluding tert-OH is 1. The number of likely N-dealkylation sites (tertiary alicyclic amines) is 1. The van der Waals surface area contributed by atoms with E-state index in [2.05, 4.69) is 11.9 Å². The molecule has 0 unspecified atom stereocenters. The molecule has 0 radical (unpaired) electrons. The van der Waals surface area contributed by atoms with E-state index in [-0.39, 0.29) is 0 Å². The van der Waals surface area contributed by atoms with Crippen molar-refractivity contribution in [2.45, 2.75) is 32.1 Å². The monoisotopic (exact) mass is 183 g/mol. The topological polar surface area (TPSA) is 23.5 Å². The fourth-order valence-electron chi connectivity index (χ4n) is 3.05. The molecule has 1 N–H and O–H groups in total. The molecule has 0 aromatic heterocycles. The number of aliphatic hydroxyl groups is 1. The van der Waals surface area contributed by atoms with Gasteiger partial charge in [0.25, 0.3) is 0 Å². The van der Waals surface area contributed by atoms with E-state index in [1.807, 2.05) is 0 Å². The molecule has 0 aromatic carbocycles. The van der Waals surface area contributed by atoms with Crippen LogP contribution in [-0.4, -0.2) is 36.8 Å². The Morgan fingerprint density at radius 1 is 1.31 bits per heavy atom. The van der Waals surface area contributed by atoms with Gasteiger partial charge in [0, 0.05) is 6.61 Å². The van der Waals surface area contributed by atoms with Gasteiger partial charge in [0.1, 0.15) is 0 Å². The summed E-state index contributed by atoms with van der Waals surface area (Å²) in [6.07, 6.45) is 6.61. The van der Waals surface area contributed by atoms with Crippen molar-refractivity contribution >= 4 is 0 Å². The fourth-order valence-corrected chi connectivity index (χ4v) is 3.05. The molecule has 1 aliphatic heterocycles. The van der Waals surface area contributed by atoms with Crippen molar-refractivity contribution < 1.29 is 5.11 Å². The van der Waals surface area contributed by atoms with Gasteiger partial charge in [-0.3, -0.25) is 0 Å². The third-order valence-corrected chi connectivity index (χ3v) is 4.03. The molecule has 1 saturated heterocycles. The Hall–Kier alpha value is -0.0800. The van der Waals surface area contributed by atoms with Crippen molar-refractivity contribution in [1.29, 1.82) is 0 Å². The first kappa shape index (κ1) is 9.47. The Morgan fingerprint density at radius 3 is 2.46 bits per heavy atom. The third-order valence-electron chi connectivity index (χ3n) is 4.03. The van der Waals surface area contributed by atoms with Crippen molar-refractivity contribution in [3.8, 4) is 0 Å². The summed E-state index contributed by atoms with van der Waals surface area (Å²) in [5.41, 5.74) is 0.701. The molecular formula is C11H21NO. The van der Waals surface area contributed by atoms with Crippen molar-refractivity contribution in [1.82, 2.24) is 4.90 Å². The van der Waals surface area contributed by atoms with Crippen LogP contribution in [0.3, 0.4) is 0 Å². The van der Waals surface area contributed by atoms with E-state index in [0.717, 1.165) is 12.3 Å². The van der Waals surface area contributed by atoms with Gasteiger partial charge in [-0.2, -0.15) is 0 Å². The fraction of sp³-hybridized carbons (Fsp3) is 1.00. The lowest BCUT2D eigenvalue weighted by Crippen LogP contribution is -2.46. The van der Waals surface area contributed by atoms with Crippen LogP contribution in [0.1, 0.15) is 32.1 Å². The van der Waals surface area contributed by atoms with E-state index in [9.17, 15) is 0 Å². The predicted molar refractivity (Wildman–Crippen MR) is 53.6 cm³/mol. The van der Waals surface area contributed by atoms with E-state index in [0.29, 0.717) is 12.0 Å². The highest BCUT2D eigenvalue weighted by atomic mass is 16.3. The van der Waals surface area contributed by atoms with Crippen LogP contribution >= 0.6 is 0 Å². The van der Waals surface area contributed by atoms with E-state index in [1.165, 1.54) is 38.8 Å². The van der Waals surface area contributed by atoms with Crippen LogP contribution < -0.4 is 0 Å². The summed E-state index contributed by atoms with van der Waals surface area (Å²) in [4.78, 5) is 2.44. The van der Waals surface area contributed by atoms with Crippen LogP contribution in [-0.2, 0) is 0 Å². The third kappa shape index (κ3) is 1.89. The van der Waals surface area contributed by atoms with Crippen molar-refractivity contribution in [2.24, 2.45) is 11.3 Å². The number of nitrogens with zero attached hydrogens (tertiary/aromatic N) is 1. The Labute approximate surface area is 80.9 Å². The quantitative estimate of drug-likeness (QED) is 0.701. The molecule has 1 heterocycles. The molecule has 1 saturated carbocycles. The second-order valence-electron chi connectivity index (χ2n) is 5.09. The lowest BCUT2D eigenvalue weighted by atomic mass is 9.57. The largest absolute Gasteiger partial charge is 0.396 e. The average Bonchev–Trinajstić information content (AvgIpc) is 2.07. The van der Waals surface area contributed by atoms with Crippen molar-refractivity contribution in [3.63, 3.8) is 0 Å². The summed E-state index contributed by atoms with van der Waals surface area (Å²) in [5, 5.41) is 8.82. The van der Waals surface area contributed by atoms with Gasteiger partial charge in [-0.15, -0.1) is 0 Å². The predicted octanol–water partition coefficient (Wildman–Crippen LogP) is 1.49. The Balaban J connectivity index is 1.76. The molecule has 0 amide bonds. The molecule has 1 spiro atoms. The van der Waals surface area contributed by atoms with E-state index in [1.54, 1.807) is 0 Å². The molecule has 2 aliphatic rings. The number of rotatable bonds is 2. The smallest absolute Gasteiger partial charge is 0.0433 e. The maximum absolute atomic E-state index is 8.82. The van der Waals surface area contributed by atoms with E-state index in [4.69, 9.17) is 5.11 Å². The minimum absolute atomic E-state index is 0.390. The molecule has 76 valence electrons. The Morgan fingerprint density at radius 2 is 1.92 bits per heavy atom. The Bertz CT molecular complexity index is 165. The van der Waals surface area contributed by atoms with Crippen LogP contribution in [0.15, 0.2) is 0 Å². The summed E-state index contributed by atoms with van der Waals surface area (Å²) in [6.45, 7) is 2.96. The van der Waals surface area contributed by atoms with Gasteiger partial charge in [0.2, 0.25) is 0 Å². The van der Waals surface area contributed by atoms with Crippen molar-refractivity contribution in [2.75, 3.05) is 26.7 Å². The zero-order valence-electron chi connectivity index (χ0n) is 8.63. The molecular weight excluding hydrogens is 162 g/mol. The molecule has 0 bridgehead atoms. The average molecular weight is 183 g/mol. The summed E-state index contributed by atoms with van der Waals surface area (Å²) in [6, 6.07) is 0. The zero-order chi connectivity index (χ0) is 9.31. The highest BCUT2D eigenvalue weighted by molar-refractivity contribution is 4.96. The SMILES string of the molecule is CN1CCC2(CC1)CC(CCO)C2. The second kappa shape index (κ2) is 3.58. The zero-order valence-corrected chi connectivity index (χ0v) is 8.63. The molecule has 13 heavy (non-hydrogen) atoms. The molecule has 2 fully saturated rings. The summed E-state index contributed by atoms with van der Waals surface area (Å²) < 4.78 is 0. The molecule has 0 aromatic rings. The summed E-state index contributed by atoms with van der Waals surface area (Å²) in [7, 11) is 2.22. The summed E-state index contributed by atoms with van der Waals surface area (Å²) in [5.74, 6) is 0.841. The van der Waals surface area contributed by atoms with E-state index < -0.39 is 0 Å². The molecule has 2 heteroatoms. The van der Waals surface area contributed by atoms with E-state index >= 15 is 0 Å². The standard InChI is InChI=1S/C11H21NO/c1-12-5-3-11(4-6-12)8-10(9-11)2-7-13/h10,13H,2-9H2,1H3. The molecule has 2 rings (SSSR count). The van der Waals surface area contributed by atoms with Crippen molar-refractivity contribution in [3.05, 3.63) is 0 Å². The van der Waals surface area contributed by atoms with Crippen LogP contribution in [0, 0.1) is 11.3 Å². The molecule has 2 nitrogen and oxygen atoms in total. The Kier molecular flexibility index (Phi) is 2.61. The minimum atomic E-state index is 0.390. The molecule has 0 atom stereocenters. The van der Waals surface area contributed by atoms with Gasteiger partial charge in [0.15, 0.2) is 0 Å². The van der Waals surface area contributed by atoms with Gasteiger partial charge in [0.05, 0.1) is 0 Å². The first-order valence-corrected chi connectivity index (χ1v) is 5.53. The lowest BCUT2D eigenvalue weighted by Gasteiger charge is -2.52. The van der Waals surface area contributed by atoms with Gasteiger partial charge in [-0.1, -0.05) is 0 Å². The first-order valence-electron chi connectivity index (χ1n) is 5.53. The van der Waals surface area contributed by atoms with Crippen LogP contribution in [0.25, 0.3) is 0 Å². The highest BCUT2D eigenvalue weighted by Gasteiger charge is 2.44. The maximum atomic E-state index is 8.82. The highest BCUT2D eigenvalue weighted by Crippen LogP contribution is 2.53. The van der Waals surface area contributed by atoms with Crippen LogP contribution in [0.4, 0.5) is 0 Å². The normalized spacial score (nSPS) is 29.1. The first-order chi connectivity index (χ1) is 6.24. The second-order valence-corrected chi connectivity index (χ2v) is 5.09.